The lowest BCUT2D eigenvalue weighted by Gasteiger charge is -2.35. The van der Waals surface area contributed by atoms with Crippen molar-refractivity contribution in [2.24, 2.45) is 0 Å². The highest BCUT2D eigenvalue weighted by molar-refractivity contribution is 7.98. The molecule has 5 nitrogen and oxygen atoms in total. The second kappa shape index (κ2) is 9.02. The van der Waals surface area contributed by atoms with Gasteiger partial charge in [-0.05, 0) is 52.1 Å². The van der Waals surface area contributed by atoms with Crippen LogP contribution in [0.1, 0.15) is 34.1 Å². The number of benzene rings is 1. The SMILES string of the molecule is CSc1cc2cc(-c3nccs3)c(=O)n(CCC#N)c2cc1N(C(C)C)C(C)C. The maximum atomic E-state index is 13.3. The van der Waals surface area contributed by atoms with Crippen molar-refractivity contribution in [3.63, 3.8) is 0 Å². The minimum atomic E-state index is -0.0915. The summed E-state index contributed by atoms with van der Waals surface area (Å²) in [7, 11) is 0. The predicted octanol–water partition coefficient (Wildman–Crippen LogP) is 5.38. The zero-order chi connectivity index (χ0) is 21.1. The first-order chi connectivity index (χ1) is 13.9. The molecule has 0 bridgehead atoms. The molecule has 0 radical (unpaired) electrons. The van der Waals surface area contributed by atoms with Crippen molar-refractivity contribution >= 4 is 39.7 Å². The van der Waals surface area contributed by atoms with Crippen molar-refractivity contribution < 1.29 is 0 Å². The van der Waals surface area contributed by atoms with Crippen molar-refractivity contribution in [2.75, 3.05) is 11.2 Å². The van der Waals surface area contributed by atoms with Gasteiger partial charge in [-0.2, -0.15) is 5.26 Å². The van der Waals surface area contributed by atoms with Crippen LogP contribution < -0.4 is 10.5 Å². The molecule has 29 heavy (non-hydrogen) atoms. The Balaban J connectivity index is 2.35. The number of thiazole rings is 1. The van der Waals surface area contributed by atoms with Gasteiger partial charge in [0.05, 0.1) is 29.3 Å². The van der Waals surface area contributed by atoms with Gasteiger partial charge in [0.25, 0.3) is 5.56 Å². The summed E-state index contributed by atoms with van der Waals surface area (Å²) in [4.78, 5) is 21.2. The fourth-order valence-corrected chi connectivity index (χ4v) is 5.07. The summed E-state index contributed by atoms with van der Waals surface area (Å²) < 4.78 is 1.74. The smallest absolute Gasteiger partial charge is 0.261 e. The van der Waals surface area contributed by atoms with Gasteiger partial charge in [0.15, 0.2) is 0 Å². The van der Waals surface area contributed by atoms with E-state index < -0.39 is 0 Å². The number of anilines is 1. The largest absolute Gasteiger partial charge is 0.366 e. The van der Waals surface area contributed by atoms with Gasteiger partial charge in [0.1, 0.15) is 5.01 Å². The minimum absolute atomic E-state index is 0.0915. The number of pyridine rings is 1. The third-order valence-electron chi connectivity index (χ3n) is 4.90. The Morgan fingerprint density at radius 1 is 1.24 bits per heavy atom. The molecule has 0 unspecified atom stereocenters. The van der Waals surface area contributed by atoms with E-state index in [9.17, 15) is 4.79 Å². The van der Waals surface area contributed by atoms with Gasteiger partial charge in [0.2, 0.25) is 0 Å². The van der Waals surface area contributed by atoms with Gasteiger partial charge in [0, 0.05) is 40.5 Å². The highest BCUT2D eigenvalue weighted by Crippen LogP contribution is 2.36. The first-order valence-electron chi connectivity index (χ1n) is 9.69. The Labute approximate surface area is 180 Å². The summed E-state index contributed by atoms with van der Waals surface area (Å²) in [5.41, 5.74) is 2.49. The first-order valence-corrected chi connectivity index (χ1v) is 11.8. The van der Waals surface area contributed by atoms with Crippen LogP contribution in [0.4, 0.5) is 5.69 Å². The van der Waals surface area contributed by atoms with Crippen molar-refractivity contribution in [3.05, 3.63) is 40.1 Å². The molecule has 0 aliphatic carbocycles. The molecule has 0 fully saturated rings. The molecular formula is C22H26N4OS2. The van der Waals surface area contributed by atoms with Crippen LogP contribution in [0.15, 0.2) is 39.5 Å². The Hall–Kier alpha value is -2.30. The lowest BCUT2D eigenvalue weighted by atomic mass is 10.1. The van der Waals surface area contributed by atoms with Crippen LogP contribution in [-0.2, 0) is 6.54 Å². The molecule has 0 N–H and O–H groups in total. The van der Waals surface area contributed by atoms with E-state index >= 15 is 0 Å². The molecule has 0 saturated carbocycles. The van der Waals surface area contributed by atoms with Crippen LogP contribution in [0.5, 0.6) is 0 Å². The van der Waals surface area contributed by atoms with Crippen LogP contribution in [0.2, 0.25) is 0 Å². The fourth-order valence-electron chi connectivity index (χ4n) is 3.81. The number of thioether (sulfide) groups is 1. The van der Waals surface area contributed by atoms with Gasteiger partial charge in [-0.3, -0.25) is 4.79 Å². The molecular weight excluding hydrogens is 400 g/mol. The van der Waals surface area contributed by atoms with Crippen molar-refractivity contribution in [1.82, 2.24) is 9.55 Å². The van der Waals surface area contributed by atoms with Crippen LogP contribution in [-0.4, -0.2) is 27.9 Å². The molecule has 3 rings (SSSR count). The van der Waals surface area contributed by atoms with E-state index in [1.54, 1.807) is 22.5 Å². The van der Waals surface area contributed by atoms with Crippen LogP contribution in [0.3, 0.4) is 0 Å². The zero-order valence-electron chi connectivity index (χ0n) is 17.5. The Kier molecular flexibility index (Phi) is 6.66. The Morgan fingerprint density at radius 3 is 2.52 bits per heavy atom. The summed E-state index contributed by atoms with van der Waals surface area (Å²) in [6.07, 6.45) is 4.08. The molecule has 2 aromatic heterocycles. The van der Waals surface area contributed by atoms with Crippen LogP contribution >= 0.6 is 23.1 Å². The number of nitrogens with zero attached hydrogens (tertiary/aromatic N) is 4. The van der Waals surface area contributed by atoms with E-state index in [1.807, 2.05) is 11.4 Å². The maximum Gasteiger partial charge on any atom is 0.261 e. The number of hydrogen-bond donors (Lipinski definition) is 0. The Bertz CT molecular complexity index is 1090. The normalized spacial score (nSPS) is 11.4. The number of rotatable bonds is 7. The second-order valence-corrected chi connectivity index (χ2v) is 9.18. The van der Waals surface area contributed by atoms with E-state index in [0.717, 1.165) is 16.6 Å². The molecule has 0 amide bonds. The third-order valence-corrected chi connectivity index (χ3v) is 6.47. The number of hydrogen-bond acceptors (Lipinski definition) is 6. The summed E-state index contributed by atoms with van der Waals surface area (Å²) in [5, 5.41) is 12.7. The van der Waals surface area contributed by atoms with Gasteiger partial charge >= 0.3 is 0 Å². The molecule has 0 saturated heterocycles. The molecule has 0 aliphatic rings. The topological polar surface area (TPSA) is 61.9 Å². The molecule has 0 aliphatic heterocycles. The van der Waals surface area contributed by atoms with Crippen molar-refractivity contribution in [2.45, 2.75) is 57.6 Å². The van der Waals surface area contributed by atoms with Gasteiger partial charge in [-0.15, -0.1) is 23.1 Å². The minimum Gasteiger partial charge on any atom is -0.366 e. The van der Waals surface area contributed by atoms with Crippen LogP contribution in [0.25, 0.3) is 21.5 Å². The van der Waals surface area contributed by atoms with E-state index in [-0.39, 0.29) is 12.0 Å². The number of aryl methyl sites for hydroxylation is 1. The lowest BCUT2D eigenvalue weighted by Crippen LogP contribution is -2.37. The average molecular weight is 427 g/mol. The van der Waals surface area contributed by atoms with Crippen molar-refractivity contribution in [3.8, 4) is 16.6 Å². The second-order valence-electron chi connectivity index (χ2n) is 7.44. The van der Waals surface area contributed by atoms with Crippen LogP contribution in [0, 0.1) is 11.3 Å². The highest BCUT2D eigenvalue weighted by Gasteiger charge is 2.21. The molecule has 7 heteroatoms. The van der Waals surface area contributed by atoms with Gasteiger partial charge in [-0.25, -0.2) is 4.98 Å². The van der Waals surface area contributed by atoms with Gasteiger partial charge < -0.3 is 9.47 Å². The maximum absolute atomic E-state index is 13.3. The summed E-state index contributed by atoms with van der Waals surface area (Å²) >= 11 is 3.16. The molecule has 2 heterocycles. The van der Waals surface area contributed by atoms with Crippen molar-refractivity contribution in [1.29, 1.82) is 5.26 Å². The highest BCUT2D eigenvalue weighted by atomic mass is 32.2. The van der Waals surface area contributed by atoms with E-state index in [4.69, 9.17) is 5.26 Å². The predicted molar refractivity (Wildman–Crippen MR) is 124 cm³/mol. The Morgan fingerprint density at radius 2 is 1.97 bits per heavy atom. The van der Waals surface area contributed by atoms with Gasteiger partial charge in [-0.1, -0.05) is 0 Å². The summed E-state index contributed by atoms with van der Waals surface area (Å²) in [6.45, 7) is 9.10. The molecule has 0 atom stereocenters. The summed E-state index contributed by atoms with van der Waals surface area (Å²) in [6, 6.07) is 9.04. The monoisotopic (exact) mass is 426 g/mol. The summed E-state index contributed by atoms with van der Waals surface area (Å²) in [5.74, 6) is 0. The quantitative estimate of drug-likeness (QED) is 0.474. The lowest BCUT2D eigenvalue weighted by molar-refractivity contribution is 0.603. The average Bonchev–Trinajstić information content (AvgIpc) is 3.20. The fraction of sp³-hybridized carbons (Fsp3) is 0.409. The molecule has 1 aromatic carbocycles. The third kappa shape index (κ3) is 4.19. The molecule has 0 spiro atoms. The molecule has 3 aromatic rings. The van der Waals surface area contributed by atoms with E-state index in [1.165, 1.54) is 16.2 Å². The molecule has 152 valence electrons. The number of nitriles is 1. The number of fused-ring (bicyclic) bond motifs is 1. The number of aromatic nitrogens is 2. The van der Waals surface area contributed by atoms with E-state index in [2.05, 4.69) is 62.0 Å². The first kappa shape index (κ1) is 21.4. The van der Waals surface area contributed by atoms with E-state index in [0.29, 0.717) is 29.2 Å². The standard InChI is InChI=1S/C22H26N4OS2/c1-14(2)26(15(3)4)19-13-18-16(12-20(19)28-5)11-17(21-24-8-10-29-21)22(27)25(18)9-6-7-23/h8,10-15H,6,9H2,1-5H3. The zero-order valence-corrected chi connectivity index (χ0v) is 19.1.